The fourth-order valence-corrected chi connectivity index (χ4v) is 6.35. The highest BCUT2D eigenvalue weighted by atomic mass is 35.5. The molecule has 0 amide bonds. The third-order valence-corrected chi connectivity index (χ3v) is 8.51. The quantitative estimate of drug-likeness (QED) is 0.631. The minimum atomic E-state index is -4.71. The van der Waals surface area contributed by atoms with Gasteiger partial charge in [-0.3, -0.25) is 0 Å². The van der Waals surface area contributed by atoms with Crippen molar-refractivity contribution < 1.29 is 26.3 Å². The largest absolute Gasteiger partial charge is 0.573 e. The third kappa shape index (κ3) is 4.78. The second-order valence-electron chi connectivity index (χ2n) is 8.05. The van der Waals surface area contributed by atoms with Gasteiger partial charge in [0.1, 0.15) is 10.6 Å². The van der Waals surface area contributed by atoms with Crippen molar-refractivity contribution in [3.05, 3.63) is 53.6 Å². The summed E-state index contributed by atoms with van der Waals surface area (Å²) in [5, 5.41) is 0.216. The summed E-state index contributed by atoms with van der Waals surface area (Å²) in [5.74, 6) is -0.247. The first-order valence-corrected chi connectivity index (χ1v) is 11.8. The Morgan fingerprint density at radius 1 is 0.935 bits per heavy atom. The number of hydrogen-bond donors (Lipinski definition) is 0. The smallest absolute Gasteiger partial charge is 0.406 e. The average Bonchev–Trinajstić information content (AvgIpc) is 3.11. The zero-order chi connectivity index (χ0) is 22.3. The summed E-state index contributed by atoms with van der Waals surface area (Å²) >= 11 is 6.10. The molecule has 2 fully saturated rings. The Balaban J connectivity index is 1.39. The number of anilines is 1. The zero-order valence-electron chi connectivity index (χ0n) is 16.6. The van der Waals surface area contributed by atoms with Crippen molar-refractivity contribution in [3.8, 4) is 5.75 Å². The van der Waals surface area contributed by atoms with Crippen molar-refractivity contribution in [2.75, 3.05) is 31.1 Å². The van der Waals surface area contributed by atoms with E-state index in [0.717, 1.165) is 38.0 Å². The van der Waals surface area contributed by atoms with E-state index in [1.165, 1.54) is 22.5 Å². The van der Waals surface area contributed by atoms with Crippen molar-refractivity contribution in [3.63, 3.8) is 0 Å². The average molecular weight is 475 g/mol. The summed E-state index contributed by atoms with van der Waals surface area (Å²) in [6, 6.07) is 12.3. The number of nitrogens with zero attached hydrogens (tertiary/aromatic N) is 2. The Morgan fingerprint density at radius 2 is 1.55 bits per heavy atom. The van der Waals surface area contributed by atoms with E-state index in [2.05, 4.69) is 9.64 Å². The molecular formula is C21H22ClF3N2O3S. The summed E-state index contributed by atoms with van der Waals surface area (Å²) in [7, 11) is -3.64. The highest BCUT2D eigenvalue weighted by Crippen LogP contribution is 2.43. The molecule has 0 unspecified atom stereocenters. The number of rotatable bonds is 4. The summed E-state index contributed by atoms with van der Waals surface area (Å²) < 4.78 is 68.4. The van der Waals surface area contributed by atoms with Crippen LogP contribution in [0.4, 0.5) is 18.9 Å². The molecule has 0 saturated carbocycles. The fraction of sp³-hybridized carbons (Fsp3) is 0.429. The molecule has 2 aromatic carbocycles. The Kier molecular flexibility index (Phi) is 5.87. The molecule has 2 saturated heterocycles. The molecule has 0 bridgehead atoms. The number of ether oxygens (including phenoxy) is 1. The van der Waals surface area contributed by atoms with E-state index in [0.29, 0.717) is 13.1 Å². The van der Waals surface area contributed by atoms with Gasteiger partial charge in [0.15, 0.2) is 0 Å². The van der Waals surface area contributed by atoms with Crippen molar-refractivity contribution in [1.82, 2.24) is 4.31 Å². The standard InChI is InChI=1S/C21H22ClF3N2O3S/c22-18-3-1-2-4-19(18)31(28,29)27-13-10-20(11-14-27)9-12-26(15-20)16-5-7-17(8-6-16)30-21(23,24)25/h1-8H,9-15H2. The minimum absolute atomic E-state index is 0.00631. The van der Waals surface area contributed by atoms with Crippen molar-refractivity contribution in [1.29, 1.82) is 0 Å². The molecule has 0 aliphatic carbocycles. The van der Waals surface area contributed by atoms with Crippen molar-refractivity contribution >= 4 is 27.3 Å². The molecule has 10 heteroatoms. The van der Waals surface area contributed by atoms with Gasteiger partial charge in [-0.1, -0.05) is 23.7 Å². The fourth-order valence-electron chi connectivity index (χ4n) is 4.42. The molecule has 31 heavy (non-hydrogen) atoms. The van der Waals surface area contributed by atoms with Crippen LogP contribution in [0, 0.1) is 5.41 Å². The van der Waals surface area contributed by atoms with Crippen LogP contribution < -0.4 is 9.64 Å². The number of alkyl halides is 3. The van der Waals surface area contributed by atoms with E-state index >= 15 is 0 Å². The monoisotopic (exact) mass is 474 g/mol. The Labute approximate surface area is 184 Å². The Morgan fingerprint density at radius 3 is 2.16 bits per heavy atom. The van der Waals surface area contributed by atoms with Gasteiger partial charge in [0.05, 0.1) is 5.02 Å². The van der Waals surface area contributed by atoms with Crippen LogP contribution in [-0.4, -0.2) is 45.3 Å². The van der Waals surface area contributed by atoms with Crippen LogP contribution >= 0.6 is 11.6 Å². The predicted molar refractivity (Wildman–Crippen MR) is 112 cm³/mol. The number of hydrogen-bond acceptors (Lipinski definition) is 4. The summed E-state index contributed by atoms with van der Waals surface area (Å²) in [4.78, 5) is 2.26. The summed E-state index contributed by atoms with van der Waals surface area (Å²) in [5.41, 5.74) is 0.825. The zero-order valence-corrected chi connectivity index (χ0v) is 18.2. The first kappa shape index (κ1) is 22.2. The Hall–Kier alpha value is -1.97. The maximum Gasteiger partial charge on any atom is 0.573 e. The van der Waals surface area contributed by atoms with Gasteiger partial charge in [0, 0.05) is 31.9 Å². The molecule has 0 radical (unpaired) electrons. The normalized spacial score (nSPS) is 19.7. The summed E-state index contributed by atoms with van der Waals surface area (Å²) in [6.45, 7) is 2.35. The van der Waals surface area contributed by atoms with Crippen molar-refractivity contribution in [2.24, 2.45) is 5.41 Å². The van der Waals surface area contributed by atoms with Crippen LogP contribution in [0.15, 0.2) is 53.4 Å². The van der Waals surface area contributed by atoms with E-state index in [-0.39, 0.29) is 21.1 Å². The molecular weight excluding hydrogens is 453 g/mol. The first-order valence-electron chi connectivity index (χ1n) is 9.94. The van der Waals surface area contributed by atoms with E-state index < -0.39 is 16.4 Å². The molecule has 0 atom stereocenters. The van der Waals surface area contributed by atoms with Crippen LogP contribution in [0.1, 0.15) is 19.3 Å². The molecule has 5 nitrogen and oxygen atoms in total. The van der Waals surface area contributed by atoms with E-state index in [4.69, 9.17) is 11.6 Å². The van der Waals surface area contributed by atoms with Gasteiger partial charge < -0.3 is 9.64 Å². The van der Waals surface area contributed by atoms with E-state index in [1.807, 2.05) is 0 Å². The molecule has 168 valence electrons. The van der Waals surface area contributed by atoms with Gasteiger partial charge in [-0.15, -0.1) is 13.2 Å². The molecule has 2 aliphatic rings. The van der Waals surface area contributed by atoms with Crippen LogP contribution in [0.25, 0.3) is 0 Å². The molecule has 2 aromatic rings. The van der Waals surface area contributed by atoms with Crippen molar-refractivity contribution in [2.45, 2.75) is 30.5 Å². The third-order valence-electron chi connectivity index (χ3n) is 6.11. The summed E-state index contributed by atoms with van der Waals surface area (Å²) in [6.07, 6.45) is -2.35. The van der Waals surface area contributed by atoms with E-state index in [1.54, 1.807) is 30.3 Å². The van der Waals surface area contributed by atoms with Gasteiger partial charge in [-0.2, -0.15) is 4.31 Å². The predicted octanol–water partition coefficient (Wildman–Crippen LogP) is 4.92. The van der Waals surface area contributed by atoms with E-state index in [9.17, 15) is 21.6 Å². The van der Waals surface area contributed by atoms with Crippen LogP contribution in [0.5, 0.6) is 5.75 Å². The van der Waals surface area contributed by atoms with Crippen LogP contribution in [-0.2, 0) is 10.0 Å². The first-order chi connectivity index (χ1) is 14.6. The molecule has 1 spiro atoms. The lowest BCUT2D eigenvalue weighted by Gasteiger charge is -2.38. The maximum absolute atomic E-state index is 13.0. The van der Waals surface area contributed by atoms with Crippen LogP contribution in [0.2, 0.25) is 5.02 Å². The lowest BCUT2D eigenvalue weighted by Crippen LogP contribution is -2.44. The maximum atomic E-state index is 13.0. The minimum Gasteiger partial charge on any atom is -0.406 e. The lowest BCUT2D eigenvalue weighted by molar-refractivity contribution is -0.274. The van der Waals surface area contributed by atoms with Gasteiger partial charge >= 0.3 is 6.36 Å². The number of sulfonamides is 1. The van der Waals surface area contributed by atoms with Gasteiger partial charge in [0.25, 0.3) is 0 Å². The van der Waals surface area contributed by atoms with Gasteiger partial charge in [-0.05, 0) is 61.1 Å². The SMILES string of the molecule is O=S(=O)(c1ccccc1Cl)N1CCC2(CCN(c3ccc(OC(F)(F)F)cc3)C2)CC1. The number of halogens is 4. The molecule has 2 aliphatic heterocycles. The molecule has 2 heterocycles. The molecule has 4 rings (SSSR count). The highest BCUT2D eigenvalue weighted by molar-refractivity contribution is 7.89. The second-order valence-corrected chi connectivity index (χ2v) is 10.4. The molecule has 0 aromatic heterocycles. The van der Waals surface area contributed by atoms with Gasteiger partial charge in [-0.25, -0.2) is 8.42 Å². The highest BCUT2D eigenvalue weighted by Gasteiger charge is 2.43. The number of piperidine rings is 1. The molecule has 0 N–H and O–H groups in total. The van der Waals surface area contributed by atoms with Crippen LogP contribution in [0.3, 0.4) is 0 Å². The Bertz CT molecular complexity index is 1040. The van der Waals surface area contributed by atoms with Gasteiger partial charge in [0.2, 0.25) is 10.0 Å². The number of benzene rings is 2. The second kappa shape index (κ2) is 8.18. The lowest BCUT2D eigenvalue weighted by atomic mass is 9.78. The topological polar surface area (TPSA) is 49.9 Å².